The monoisotopic (exact) mass is 496 g/mol. The minimum atomic E-state index is -0.819. The van der Waals surface area contributed by atoms with Crippen LogP contribution in [0.25, 0.3) is 5.76 Å². The Kier molecular flexibility index (Phi) is 6.29. The summed E-state index contributed by atoms with van der Waals surface area (Å²) < 4.78 is 5.77. The van der Waals surface area contributed by atoms with Gasteiger partial charge in [0.25, 0.3) is 11.7 Å². The highest BCUT2D eigenvalue weighted by atomic mass is 16.5. The third-order valence-corrected chi connectivity index (χ3v) is 6.78. The Morgan fingerprint density at radius 1 is 1.05 bits per heavy atom. The van der Waals surface area contributed by atoms with Gasteiger partial charge in [0.2, 0.25) is 5.91 Å². The minimum absolute atomic E-state index is 0.0344. The fourth-order valence-corrected chi connectivity index (χ4v) is 4.98. The van der Waals surface area contributed by atoms with E-state index in [1.165, 1.54) is 11.8 Å². The molecule has 0 radical (unpaired) electrons. The maximum atomic E-state index is 13.4. The first-order valence-corrected chi connectivity index (χ1v) is 12.3. The number of hydrogen-bond donors (Lipinski definition) is 2. The van der Waals surface area contributed by atoms with Crippen molar-refractivity contribution in [3.63, 3.8) is 0 Å². The van der Waals surface area contributed by atoms with Crippen LogP contribution in [-0.2, 0) is 27.2 Å². The largest absolute Gasteiger partial charge is 0.507 e. The van der Waals surface area contributed by atoms with Crippen LogP contribution in [0.5, 0.6) is 5.75 Å². The SMILES string of the molecule is CCc1ccc(C2/C(=C(/O)c3ccc4c(c3)CC(C)O4)C(=O)C(=O)N2c2ccc(NC(C)=O)cc2)cc1. The zero-order valence-electron chi connectivity index (χ0n) is 20.9. The van der Waals surface area contributed by atoms with Gasteiger partial charge in [0, 0.05) is 30.3 Å². The van der Waals surface area contributed by atoms with E-state index in [9.17, 15) is 19.5 Å². The number of ether oxygens (including phenoxy) is 1. The molecule has 3 aromatic carbocycles. The maximum absolute atomic E-state index is 13.4. The van der Waals surface area contributed by atoms with Gasteiger partial charge in [-0.15, -0.1) is 0 Å². The van der Waals surface area contributed by atoms with Gasteiger partial charge >= 0.3 is 0 Å². The molecule has 2 amide bonds. The predicted octanol–water partition coefficient (Wildman–Crippen LogP) is 5.16. The van der Waals surface area contributed by atoms with E-state index in [0.29, 0.717) is 28.9 Å². The van der Waals surface area contributed by atoms with Crippen LogP contribution < -0.4 is 15.0 Å². The normalized spacial score (nSPS) is 20.0. The van der Waals surface area contributed by atoms with Gasteiger partial charge in [0.1, 0.15) is 17.6 Å². The first kappa shape index (κ1) is 24.3. The molecule has 37 heavy (non-hydrogen) atoms. The third-order valence-electron chi connectivity index (χ3n) is 6.78. The second-order valence-electron chi connectivity index (χ2n) is 9.45. The fourth-order valence-electron chi connectivity index (χ4n) is 4.98. The summed E-state index contributed by atoms with van der Waals surface area (Å²) in [6, 6.07) is 18.9. The van der Waals surface area contributed by atoms with Crippen LogP contribution in [0.3, 0.4) is 0 Å². The van der Waals surface area contributed by atoms with E-state index in [-0.39, 0.29) is 23.3 Å². The molecule has 2 aliphatic heterocycles. The summed E-state index contributed by atoms with van der Waals surface area (Å²) in [7, 11) is 0. The van der Waals surface area contributed by atoms with Crippen molar-refractivity contribution in [3.8, 4) is 5.75 Å². The molecule has 5 rings (SSSR count). The van der Waals surface area contributed by atoms with E-state index in [1.54, 1.807) is 36.4 Å². The lowest BCUT2D eigenvalue weighted by atomic mass is 9.93. The Bertz CT molecular complexity index is 1420. The quantitative estimate of drug-likeness (QED) is 0.289. The van der Waals surface area contributed by atoms with E-state index < -0.39 is 17.7 Å². The van der Waals surface area contributed by atoms with Gasteiger partial charge in [-0.05, 0) is 72.5 Å². The van der Waals surface area contributed by atoms with E-state index in [0.717, 1.165) is 23.3 Å². The first-order valence-electron chi connectivity index (χ1n) is 12.3. The molecular formula is C30H28N2O5. The number of carbonyl (C=O) groups is 3. The number of amides is 2. The minimum Gasteiger partial charge on any atom is -0.507 e. The molecule has 2 unspecified atom stereocenters. The van der Waals surface area contributed by atoms with Crippen molar-refractivity contribution < 1.29 is 24.2 Å². The number of aliphatic hydroxyl groups excluding tert-OH is 1. The van der Waals surface area contributed by atoms with E-state index in [1.807, 2.05) is 37.3 Å². The number of rotatable bonds is 5. The van der Waals surface area contributed by atoms with Crippen LogP contribution in [-0.4, -0.2) is 28.8 Å². The van der Waals surface area contributed by atoms with Gasteiger partial charge < -0.3 is 15.2 Å². The summed E-state index contributed by atoms with van der Waals surface area (Å²) in [4.78, 5) is 39.6. The number of nitrogens with one attached hydrogen (secondary N) is 1. The standard InChI is InChI=1S/C30H28N2O5/c1-4-19-5-7-20(8-6-19)27-26(28(34)21-9-14-25-22(16-21)15-17(2)37-25)29(35)30(36)32(27)24-12-10-23(11-13-24)31-18(3)33/h5-14,16-17,27,34H,4,15H2,1-3H3,(H,31,33)/b28-26-. The lowest BCUT2D eigenvalue weighted by molar-refractivity contribution is -0.132. The third kappa shape index (κ3) is 4.48. The molecule has 0 saturated carbocycles. The molecule has 0 bridgehead atoms. The molecule has 2 aliphatic rings. The number of aryl methyl sites for hydroxylation is 1. The second kappa shape index (κ2) is 9.58. The summed E-state index contributed by atoms with van der Waals surface area (Å²) in [5.74, 6) is -1.15. The van der Waals surface area contributed by atoms with Gasteiger partial charge in [0.05, 0.1) is 11.6 Å². The maximum Gasteiger partial charge on any atom is 0.300 e. The van der Waals surface area contributed by atoms with E-state index in [2.05, 4.69) is 12.2 Å². The zero-order valence-corrected chi connectivity index (χ0v) is 20.9. The summed E-state index contributed by atoms with van der Waals surface area (Å²) in [6.07, 6.45) is 1.59. The van der Waals surface area contributed by atoms with Gasteiger partial charge in [-0.1, -0.05) is 31.2 Å². The van der Waals surface area contributed by atoms with Crippen LogP contribution in [0.1, 0.15) is 49.1 Å². The molecule has 1 saturated heterocycles. The molecule has 3 aromatic rings. The molecular weight excluding hydrogens is 468 g/mol. The Morgan fingerprint density at radius 3 is 2.41 bits per heavy atom. The number of carbonyl (C=O) groups excluding carboxylic acids is 3. The highest BCUT2D eigenvalue weighted by Gasteiger charge is 2.47. The Morgan fingerprint density at radius 2 is 1.76 bits per heavy atom. The van der Waals surface area contributed by atoms with Crippen LogP contribution in [0.15, 0.2) is 72.3 Å². The smallest absolute Gasteiger partial charge is 0.300 e. The molecule has 2 heterocycles. The van der Waals surface area contributed by atoms with E-state index in [4.69, 9.17) is 4.74 Å². The number of Topliss-reactive ketones (excluding diaryl/α,β-unsaturated/α-hetero) is 1. The predicted molar refractivity (Wildman–Crippen MR) is 142 cm³/mol. The highest BCUT2D eigenvalue weighted by Crippen LogP contribution is 2.43. The van der Waals surface area contributed by atoms with Crippen molar-refractivity contribution in [1.82, 2.24) is 0 Å². The summed E-state index contributed by atoms with van der Waals surface area (Å²) in [6.45, 7) is 5.44. The molecule has 7 nitrogen and oxygen atoms in total. The van der Waals surface area contributed by atoms with Crippen LogP contribution in [0.2, 0.25) is 0 Å². The number of benzene rings is 3. The summed E-state index contributed by atoms with van der Waals surface area (Å²) in [5.41, 5.74) is 4.33. The molecule has 0 aliphatic carbocycles. The number of aliphatic hydroxyl groups is 1. The second-order valence-corrected chi connectivity index (χ2v) is 9.45. The Labute approximate surface area is 215 Å². The molecule has 0 spiro atoms. The van der Waals surface area contributed by atoms with Crippen molar-refractivity contribution >= 4 is 34.7 Å². The van der Waals surface area contributed by atoms with Crippen molar-refractivity contribution in [2.75, 3.05) is 10.2 Å². The first-order chi connectivity index (χ1) is 17.8. The average molecular weight is 497 g/mol. The van der Waals surface area contributed by atoms with Crippen LogP contribution in [0, 0.1) is 0 Å². The highest BCUT2D eigenvalue weighted by molar-refractivity contribution is 6.51. The Hall–Kier alpha value is -4.39. The number of fused-ring (bicyclic) bond motifs is 1. The molecule has 7 heteroatoms. The van der Waals surface area contributed by atoms with Crippen molar-refractivity contribution in [1.29, 1.82) is 0 Å². The summed E-state index contributed by atoms with van der Waals surface area (Å²) >= 11 is 0. The van der Waals surface area contributed by atoms with Gasteiger partial charge in [-0.2, -0.15) is 0 Å². The van der Waals surface area contributed by atoms with E-state index >= 15 is 0 Å². The molecule has 0 aromatic heterocycles. The molecule has 2 atom stereocenters. The average Bonchev–Trinajstić information content (AvgIpc) is 3.39. The van der Waals surface area contributed by atoms with Gasteiger partial charge in [-0.25, -0.2) is 0 Å². The number of anilines is 2. The van der Waals surface area contributed by atoms with Crippen molar-refractivity contribution in [2.45, 2.75) is 45.8 Å². The van der Waals surface area contributed by atoms with Crippen LogP contribution in [0.4, 0.5) is 11.4 Å². The lowest BCUT2D eigenvalue weighted by Gasteiger charge is -2.26. The number of nitrogens with zero attached hydrogens (tertiary/aromatic N) is 1. The van der Waals surface area contributed by atoms with Crippen molar-refractivity contribution in [3.05, 3.63) is 94.6 Å². The van der Waals surface area contributed by atoms with Crippen molar-refractivity contribution in [2.24, 2.45) is 0 Å². The molecule has 2 N–H and O–H groups in total. The molecule has 1 fully saturated rings. The summed E-state index contributed by atoms with van der Waals surface area (Å²) in [5, 5.41) is 14.1. The lowest BCUT2D eigenvalue weighted by Crippen LogP contribution is -2.29. The zero-order chi connectivity index (χ0) is 26.3. The number of ketones is 1. The Balaban J connectivity index is 1.63. The van der Waals surface area contributed by atoms with Gasteiger partial charge in [-0.3, -0.25) is 19.3 Å². The molecule has 188 valence electrons. The van der Waals surface area contributed by atoms with Crippen LogP contribution >= 0.6 is 0 Å². The fraction of sp³-hybridized carbons (Fsp3) is 0.233. The topological polar surface area (TPSA) is 95.9 Å². The number of hydrogen-bond acceptors (Lipinski definition) is 5. The van der Waals surface area contributed by atoms with Gasteiger partial charge in [0.15, 0.2) is 0 Å².